The minimum atomic E-state index is 0.647. The van der Waals surface area contributed by atoms with Crippen LogP contribution in [0.25, 0.3) is 0 Å². The Hall–Kier alpha value is -0.850. The lowest BCUT2D eigenvalue weighted by Crippen LogP contribution is -2.44. The summed E-state index contributed by atoms with van der Waals surface area (Å²) < 4.78 is 4.95. The van der Waals surface area contributed by atoms with E-state index < -0.39 is 0 Å². The number of nitrogens with two attached hydrogens (primary N) is 1. The van der Waals surface area contributed by atoms with Crippen molar-refractivity contribution in [1.82, 2.24) is 15.6 Å². The van der Waals surface area contributed by atoms with Gasteiger partial charge in [0.2, 0.25) is 5.96 Å². The van der Waals surface area contributed by atoms with Crippen LogP contribution < -0.4 is 16.6 Å². The van der Waals surface area contributed by atoms with Gasteiger partial charge in [0.1, 0.15) is 0 Å². The van der Waals surface area contributed by atoms with Gasteiger partial charge in [-0.2, -0.15) is 0 Å². The molecule has 0 fully saturated rings. The minimum Gasteiger partial charge on any atom is -0.385 e. The average molecular weight is 245 g/mol. The minimum absolute atomic E-state index is 0.647. The van der Waals surface area contributed by atoms with Crippen molar-refractivity contribution in [1.29, 1.82) is 0 Å². The third-order valence-electron chi connectivity index (χ3n) is 2.53. The average Bonchev–Trinajstić information content (AvgIpc) is 2.37. The van der Waals surface area contributed by atoms with Gasteiger partial charge < -0.3 is 15.0 Å². The molecule has 0 radical (unpaired) electrons. The molecule has 17 heavy (non-hydrogen) atoms. The summed E-state index contributed by atoms with van der Waals surface area (Å²) in [5, 5.41) is 3.18. The van der Waals surface area contributed by atoms with Crippen LogP contribution in [0, 0.1) is 0 Å². The van der Waals surface area contributed by atoms with Gasteiger partial charge >= 0.3 is 0 Å². The van der Waals surface area contributed by atoms with Crippen molar-refractivity contribution in [2.45, 2.75) is 20.3 Å². The van der Waals surface area contributed by atoms with Crippen LogP contribution >= 0.6 is 0 Å². The largest absolute Gasteiger partial charge is 0.385 e. The van der Waals surface area contributed by atoms with Crippen LogP contribution in [-0.4, -0.2) is 57.3 Å². The third kappa shape index (κ3) is 8.91. The van der Waals surface area contributed by atoms with Crippen molar-refractivity contribution in [3.8, 4) is 0 Å². The van der Waals surface area contributed by atoms with Crippen molar-refractivity contribution >= 4 is 5.96 Å². The Balaban J connectivity index is 3.73. The Bertz CT molecular complexity index is 194. The van der Waals surface area contributed by atoms with Crippen molar-refractivity contribution in [2.24, 2.45) is 10.8 Å². The van der Waals surface area contributed by atoms with E-state index in [0.29, 0.717) is 12.5 Å². The molecule has 0 saturated carbocycles. The van der Waals surface area contributed by atoms with E-state index in [1.165, 1.54) is 0 Å². The molecule has 4 N–H and O–H groups in total. The molecule has 0 aromatic carbocycles. The van der Waals surface area contributed by atoms with E-state index in [1.807, 2.05) is 0 Å². The Labute approximate surface area is 105 Å². The fourth-order valence-electron chi connectivity index (χ4n) is 1.42. The highest BCUT2D eigenvalue weighted by atomic mass is 16.5. The molecule has 0 heterocycles. The summed E-state index contributed by atoms with van der Waals surface area (Å²) in [6, 6.07) is 0. The second-order valence-electron chi connectivity index (χ2n) is 3.67. The molecule has 0 rings (SSSR count). The summed E-state index contributed by atoms with van der Waals surface area (Å²) in [4.78, 5) is 6.64. The molecule has 0 unspecified atom stereocenters. The number of nitrogens with one attached hydrogen (secondary N) is 2. The first kappa shape index (κ1) is 16.1. The lowest BCUT2D eigenvalue weighted by molar-refractivity contribution is 0.197. The number of aliphatic imine (C=N–C) groups is 1. The normalized spacial score (nSPS) is 11.9. The van der Waals surface area contributed by atoms with Crippen molar-refractivity contribution in [3.05, 3.63) is 0 Å². The number of ether oxygens (including phenoxy) is 1. The zero-order chi connectivity index (χ0) is 12.9. The van der Waals surface area contributed by atoms with E-state index in [9.17, 15) is 0 Å². The summed E-state index contributed by atoms with van der Waals surface area (Å²) >= 11 is 0. The summed E-state index contributed by atoms with van der Waals surface area (Å²) in [7, 11) is 1.69. The van der Waals surface area contributed by atoms with Gasteiger partial charge in [-0.15, -0.1) is 0 Å². The summed E-state index contributed by atoms with van der Waals surface area (Å²) in [5.74, 6) is 6.03. The van der Waals surface area contributed by atoms with E-state index in [0.717, 1.165) is 39.2 Å². The van der Waals surface area contributed by atoms with Gasteiger partial charge in [-0.3, -0.25) is 10.4 Å². The topological polar surface area (TPSA) is 74.9 Å². The maximum absolute atomic E-state index is 5.38. The van der Waals surface area contributed by atoms with E-state index in [-0.39, 0.29) is 0 Å². The van der Waals surface area contributed by atoms with Crippen LogP contribution in [-0.2, 0) is 4.74 Å². The zero-order valence-corrected chi connectivity index (χ0v) is 11.3. The van der Waals surface area contributed by atoms with Crippen LogP contribution in [0.3, 0.4) is 0 Å². The summed E-state index contributed by atoms with van der Waals surface area (Å²) in [6.45, 7) is 9.71. The molecule has 0 aliphatic heterocycles. The molecular formula is C11H27N5O. The molecule has 0 aliphatic rings. The molecule has 102 valence electrons. The lowest BCUT2D eigenvalue weighted by Gasteiger charge is -2.18. The highest BCUT2D eigenvalue weighted by Crippen LogP contribution is 1.85. The number of guanidine groups is 1. The summed E-state index contributed by atoms with van der Waals surface area (Å²) in [5.41, 5.74) is 2.57. The maximum atomic E-state index is 5.38. The van der Waals surface area contributed by atoms with Gasteiger partial charge in [0, 0.05) is 33.4 Å². The highest BCUT2D eigenvalue weighted by Gasteiger charge is 1.99. The third-order valence-corrected chi connectivity index (χ3v) is 2.53. The number of rotatable bonds is 9. The molecule has 0 bridgehead atoms. The van der Waals surface area contributed by atoms with Crippen LogP contribution in [0.2, 0.25) is 0 Å². The first-order valence-electron chi connectivity index (χ1n) is 6.24. The zero-order valence-electron chi connectivity index (χ0n) is 11.3. The van der Waals surface area contributed by atoms with Gasteiger partial charge in [0.15, 0.2) is 0 Å². The number of hydrogen-bond acceptors (Lipinski definition) is 4. The van der Waals surface area contributed by atoms with Gasteiger partial charge in [0.25, 0.3) is 0 Å². The van der Waals surface area contributed by atoms with Gasteiger partial charge in [-0.05, 0) is 19.5 Å². The molecular weight excluding hydrogens is 218 g/mol. The maximum Gasteiger partial charge on any atom is 0.205 e. The molecule has 0 atom stereocenters. The molecule has 6 nitrogen and oxygen atoms in total. The smallest absolute Gasteiger partial charge is 0.205 e. The highest BCUT2D eigenvalue weighted by molar-refractivity contribution is 5.79. The van der Waals surface area contributed by atoms with Gasteiger partial charge in [-0.1, -0.05) is 13.8 Å². The molecule has 0 amide bonds. The fraction of sp³-hybridized carbons (Fsp3) is 0.909. The second-order valence-corrected chi connectivity index (χ2v) is 3.67. The number of hydrazine groups is 1. The second kappa shape index (κ2) is 11.6. The number of methoxy groups -OCH3 is 1. The molecule has 0 aromatic heterocycles. The lowest BCUT2D eigenvalue weighted by atomic mass is 10.4. The van der Waals surface area contributed by atoms with Crippen molar-refractivity contribution < 1.29 is 4.74 Å². The Kier molecular flexibility index (Phi) is 11.0. The molecule has 0 aliphatic carbocycles. The molecule has 6 heteroatoms. The quantitative estimate of drug-likeness (QED) is 0.172. The Morgan fingerprint density at radius 2 is 2.06 bits per heavy atom. The Morgan fingerprint density at radius 3 is 2.59 bits per heavy atom. The van der Waals surface area contributed by atoms with E-state index >= 15 is 0 Å². The molecule has 0 saturated heterocycles. The van der Waals surface area contributed by atoms with E-state index in [4.69, 9.17) is 10.6 Å². The van der Waals surface area contributed by atoms with Gasteiger partial charge in [0.05, 0.1) is 0 Å². The van der Waals surface area contributed by atoms with Crippen LogP contribution in [0.15, 0.2) is 4.99 Å². The van der Waals surface area contributed by atoms with Crippen LogP contribution in [0.4, 0.5) is 0 Å². The van der Waals surface area contributed by atoms with Crippen molar-refractivity contribution in [3.63, 3.8) is 0 Å². The van der Waals surface area contributed by atoms with Gasteiger partial charge in [-0.25, -0.2) is 5.84 Å². The van der Waals surface area contributed by atoms with Crippen LogP contribution in [0.1, 0.15) is 20.3 Å². The first-order chi connectivity index (χ1) is 8.28. The fourth-order valence-corrected chi connectivity index (χ4v) is 1.42. The van der Waals surface area contributed by atoms with Crippen molar-refractivity contribution in [2.75, 3.05) is 46.4 Å². The van der Waals surface area contributed by atoms with E-state index in [1.54, 1.807) is 7.11 Å². The van der Waals surface area contributed by atoms with Crippen LogP contribution in [0.5, 0.6) is 0 Å². The standard InChI is InChI=1S/C11H27N5O/c1-4-16(5-2)9-8-14-11(15-12)13-7-6-10-17-3/h4-10,12H2,1-3H3,(H2,13,14,15). The van der Waals surface area contributed by atoms with E-state index in [2.05, 4.69) is 34.5 Å². The monoisotopic (exact) mass is 245 g/mol. The predicted octanol–water partition coefficient (Wildman–Crippen LogP) is -0.226. The molecule has 0 spiro atoms. The first-order valence-corrected chi connectivity index (χ1v) is 6.24. The summed E-state index contributed by atoms with van der Waals surface area (Å²) in [6.07, 6.45) is 0.902. The Morgan fingerprint density at radius 1 is 1.35 bits per heavy atom. The number of nitrogens with zero attached hydrogens (tertiary/aromatic N) is 2. The predicted molar refractivity (Wildman–Crippen MR) is 71.9 cm³/mol. The molecule has 0 aromatic rings. The number of hydrogen-bond donors (Lipinski definition) is 3. The number of likely N-dealkylation sites (N-methyl/N-ethyl adjacent to an activating group) is 1. The SMILES string of the molecule is CCN(CC)CCNC(=NCCCOC)NN.